The first-order chi connectivity index (χ1) is 16.6. The lowest BCUT2D eigenvalue weighted by Crippen LogP contribution is -2.49. The Hall–Kier alpha value is -2.17. The second-order valence-corrected chi connectivity index (χ2v) is 12.0. The van der Waals surface area contributed by atoms with Crippen LogP contribution in [0.25, 0.3) is 0 Å². The topological polar surface area (TPSA) is 75.9 Å². The zero-order valence-corrected chi connectivity index (χ0v) is 20.8. The lowest BCUT2D eigenvalue weighted by atomic mass is 9.93. The van der Waals surface area contributed by atoms with Crippen molar-refractivity contribution in [2.75, 3.05) is 32.8 Å². The van der Waals surface area contributed by atoms with E-state index < -0.39 is 33.8 Å². The van der Waals surface area contributed by atoms with E-state index in [0.29, 0.717) is 50.0 Å². The fraction of sp³-hybridized carbons (Fsp3) is 0.462. The Morgan fingerprint density at radius 2 is 1.66 bits per heavy atom. The highest BCUT2D eigenvalue weighted by atomic mass is 32.2. The summed E-state index contributed by atoms with van der Waals surface area (Å²) >= 11 is 0. The molecule has 1 saturated heterocycles. The molecule has 188 valence electrons. The highest BCUT2D eigenvalue weighted by molar-refractivity contribution is 7.89. The molecule has 5 rings (SSSR count). The molecule has 2 aromatic carbocycles. The summed E-state index contributed by atoms with van der Waals surface area (Å²) in [4.78, 5) is 2.58. The van der Waals surface area contributed by atoms with Crippen LogP contribution in [0.4, 0.5) is 8.78 Å². The molecule has 0 radical (unpaired) electrons. The van der Waals surface area contributed by atoms with Crippen molar-refractivity contribution in [3.8, 4) is 0 Å². The molecule has 3 aliphatic rings. The van der Waals surface area contributed by atoms with Crippen LogP contribution in [0.2, 0.25) is 0 Å². The molecule has 0 bridgehead atoms. The molecule has 0 amide bonds. The molecule has 0 spiro atoms. The van der Waals surface area contributed by atoms with Crippen molar-refractivity contribution in [3.05, 3.63) is 76.4 Å². The van der Waals surface area contributed by atoms with E-state index in [1.54, 1.807) is 16.4 Å². The van der Waals surface area contributed by atoms with Crippen LogP contribution >= 0.6 is 0 Å². The van der Waals surface area contributed by atoms with Gasteiger partial charge in [0.05, 0.1) is 11.5 Å². The van der Waals surface area contributed by atoms with Gasteiger partial charge in [0.2, 0.25) is 10.0 Å². The molecule has 1 fully saturated rings. The molecule has 3 aliphatic heterocycles. The first-order valence-corrected chi connectivity index (χ1v) is 13.4. The zero-order chi connectivity index (χ0) is 24.9. The van der Waals surface area contributed by atoms with Crippen LogP contribution in [0.15, 0.2) is 58.5 Å². The summed E-state index contributed by atoms with van der Waals surface area (Å²) in [6, 6.07) is 10.0. The predicted octanol–water partition coefficient (Wildman–Crippen LogP) is 3.56. The molecule has 2 aromatic rings. The van der Waals surface area contributed by atoms with E-state index in [2.05, 4.69) is 18.7 Å². The fourth-order valence-electron chi connectivity index (χ4n) is 5.33. The van der Waals surface area contributed by atoms with Crippen molar-refractivity contribution in [1.29, 1.82) is 0 Å². The minimum atomic E-state index is -3.56. The third kappa shape index (κ3) is 4.68. The summed E-state index contributed by atoms with van der Waals surface area (Å²) in [6.45, 7) is 6.61. The predicted molar refractivity (Wildman–Crippen MR) is 129 cm³/mol. The number of rotatable bonds is 5. The van der Waals surface area contributed by atoms with Gasteiger partial charge in [0.15, 0.2) is 0 Å². The third-order valence-electron chi connectivity index (χ3n) is 7.39. The second-order valence-electron chi connectivity index (χ2n) is 10.1. The van der Waals surface area contributed by atoms with Crippen LogP contribution in [0.3, 0.4) is 0 Å². The number of hydrogen-bond acceptors (Lipinski definition) is 5. The van der Waals surface area contributed by atoms with E-state index in [4.69, 9.17) is 10.5 Å². The van der Waals surface area contributed by atoms with Gasteiger partial charge >= 0.3 is 0 Å². The van der Waals surface area contributed by atoms with Gasteiger partial charge in [-0.1, -0.05) is 26.0 Å². The zero-order valence-electron chi connectivity index (χ0n) is 20.0. The van der Waals surface area contributed by atoms with E-state index in [1.165, 1.54) is 0 Å². The van der Waals surface area contributed by atoms with Crippen molar-refractivity contribution in [2.45, 2.75) is 49.3 Å². The van der Waals surface area contributed by atoms with Crippen molar-refractivity contribution in [1.82, 2.24) is 9.21 Å². The van der Waals surface area contributed by atoms with Crippen LogP contribution in [-0.4, -0.2) is 62.5 Å². The van der Waals surface area contributed by atoms with Gasteiger partial charge in [-0.3, -0.25) is 4.90 Å². The Kier molecular flexibility index (Phi) is 6.56. The van der Waals surface area contributed by atoms with Crippen LogP contribution in [0.1, 0.15) is 43.4 Å². The highest BCUT2D eigenvalue weighted by Gasteiger charge is 2.41. The molecular weight excluding hydrogens is 472 g/mol. The first-order valence-electron chi connectivity index (χ1n) is 12.0. The largest absolute Gasteiger partial charge is 0.370 e. The highest BCUT2D eigenvalue weighted by Crippen LogP contribution is 2.35. The quantitative estimate of drug-likeness (QED) is 0.632. The van der Waals surface area contributed by atoms with Crippen LogP contribution < -0.4 is 5.73 Å². The van der Waals surface area contributed by atoms with Crippen LogP contribution in [0, 0.1) is 11.6 Å². The van der Waals surface area contributed by atoms with Gasteiger partial charge in [-0.15, -0.1) is 0 Å². The molecule has 0 unspecified atom stereocenters. The fourth-order valence-corrected chi connectivity index (χ4v) is 6.76. The minimum absolute atomic E-state index is 0.0390. The Labute approximate surface area is 205 Å². The number of nitrogens with zero attached hydrogens (tertiary/aromatic N) is 2. The second kappa shape index (κ2) is 9.37. The smallest absolute Gasteiger partial charge is 0.243 e. The molecular formula is C26H31F2N3O3S. The van der Waals surface area contributed by atoms with Gasteiger partial charge < -0.3 is 10.5 Å². The van der Waals surface area contributed by atoms with Crippen LogP contribution in [-0.2, 0) is 14.8 Å². The van der Waals surface area contributed by atoms with E-state index in [9.17, 15) is 17.2 Å². The lowest BCUT2D eigenvalue weighted by molar-refractivity contribution is -0.0467. The number of hydrogen-bond donors (Lipinski definition) is 1. The maximum Gasteiger partial charge on any atom is 0.243 e. The number of benzene rings is 2. The van der Waals surface area contributed by atoms with E-state index in [0.717, 1.165) is 34.9 Å². The van der Waals surface area contributed by atoms with Crippen molar-refractivity contribution >= 4 is 10.0 Å². The van der Waals surface area contributed by atoms with Gasteiger partial charge in [0.1, 0.15) is 17.7 Å². The SMILES string of the molecule is CC(C)c1ccc(S(=O)(=O)N2CC3=C(CN([C@H]4CO[C@H](c5cc(F)ccc5F)[C@@H](N)C4)C3)C2)cc1. The molecule has 0 aromatic heterocycles. The summed E-state index contributed by atoms with van der Waals surface area (Å²) in [6.07, 6.45) is -0.0992. The molecule has 3 atom stereocenters. The molecule has 0 saturated carbocycles. The number of ether oxygens (including phenoxy) is 1. The van der Waals surface area contributed by atoms with Gasteiger partial charge in [-0.25, -0.2) is 17.2 Å². The average Bonchev–Trinajstić information content (AvgIpc) is 3.41. The monoisotopic (exact) mass is 503 g/mol. The van der Waals surface area contributed by atoms with Gasteiger partial charge in [0.25, 0.3) is 0 Å². The summed E-state index contributed by atoms with van der Waals surface area (Å²) in [5, 5.41) is 0. The van der Waals surface area contributed by atoms with E-state index in [1.807, 2.05) is 12.1 Å². The molecule has 6 nitrogen and oxygen atoms in total. The van der Waals surface area contributed by atoms with Crippen molar-refractivity contribution in [3.63, 3.8) is 0 Å². The molecule has 35 heavy (non-hydrogen) atoms. The number of sulfonamides is 1. The summed E-state index contributed by atoms with van der Waals surface area (Å²) < 4.78 is 61.7. The third-order valence-corrected chi connectivity index (χ3v) is 9.20. The maximum absolute atomic E-state index is 14.2. The maximum atomic E-state index is 14.2. The van der Waals surface area contributed by atoms with Crippen LogP contribution in [0.5, 0.6) is 0 Å². The lowest BCUT2D eigenvalue weighted by Gasteiger charge is -2.39. The van der Waals surface area contributed by atoms with Crippen molar-refractivity contribution < 1.29 is 21.9 Å². The molecule has 2 N–H and O–H groups in total. The summed E-state index contributed by atoms with van der Waals surface area (Å²) in [7, 11) is -3.56. The van der Waals surface area contributed by atoms with Gasteiger partial charge in [-0.05, 0) is 59.4 Å². The Morgan fingerprint density at radius 3 is 2.26 bits per heavy atom. The molecule has 0 aliphatic carbocycles. The van der Waals surface area contributed by atoms with E-state index >= 15 is 0 Å². The van der Waals surface area contributed by atoms with Gasteiger partial charge in [0, 0.05) is 43.8 Å². The average molecular weight is 504 g/mol. The number of nitrogens with two attached hydrogens (primary N) is 1. The summed E-state index contributed by atoms with van der Waals surface area (Å²) in [5.74, 6) is -0.697. The Morgan fingerprint density at radius 1 is 1.00 bits per heavy atom. The Balaban J connectivity index is 1.20. The minimum Gasteiger partial charge on any atom is -0.370 e. The van der Waals surface area contributed by atoms with Crippen molar-refractivity contribution in [2.24, 2.45) is 5.73 Å². The number of halogens is 2. The van der Waals surface area contributed by atoms with Gasteiger partial charge in [-0.2, -0.15) is 4.31 Å². The normalized spacial score (nSPS) is 26.1. The Bertz CT molecular complexity index is 1230. The molecule has 3 heterocycles. The first kappa shape index (κ1) is 24.5. The standard InChI is InChI=1S/C26H31F2N3O3S/c1-16(2)17-3-6-22(7-4-17)35(32,33)31-13-18-11-30(12-19(18)14-31)21-10-25(29)26(34-15-21)23-9-20(27)5-8-24(23)28/h3-9,16,21,25-26H,10-15,29H2,1-2H3/t21-,25+,26-/m1/s1. The molecule has 9 heteroatoms. The summed E-state index contributed by atoms with van der Waals surface area (Å²) in [5.41, 5.74) is 9.84. The van der Waals surface area contributed by atoms with E-state index in [-0.39, 0.29) is 11.6 Å².